The lowest BCUT2D eigenvalue weighted by atomic mass is 10.2. The van der Waals surface area contributed by atoms with E-state index in [1.807, 2.05) is 20.8 Å². The fourth-order valence-electron chi connectivity index (χ4n) is 1.89. The van der Waals surface area contributed by atoms with Crippen molar-refractivity contribution >= 4 is 15.7 Å². The summed E-state index contributed by atoms with van der Waals surface area (Å²) in [5, 5.41) is 3.14. The maximum Gasteiger partial charge on any atom is 0.262 e. The Bertz CT molecular complexity index is 502. The van der Waals surface area contributed by atoms with Gasteiger partial charge < -0.3 is 5.32 Å². The number of hydrogen-bond acceptors (Lipinski definition) is 4. The molecular formula is C13H23N3O2S. The minimum Gasteiger partial charge on any atom is -0.383 e. The van der Waals surface area contributed by atoms with Crippen molar-refractivity contribution in [1.29, 1.82) is 0 Å². The van der Waals surface area contributed by atoms with Crippen LogP contribution >= 0.6 is 0 Å². The monoisotopic (exact) mass is 285 g/mol. The molecule has 0 spiro atoms. The minimum absolute atomic E-state index is 0.0357. The fourth-order valence-corrected chi connectivity index (χ4v) is 3.36. The molecule has 0 amide bonds. The Labute approximate surface area is 116 Å². The molecule has 1 aromatic heterocycles. The first-order valence-electron chi connectivity index (χ1n) is 6.62. The average Bonchev–Trinajstić information content (AvgIpc) is 2.39. The van der Waals surface area contributed by atoms with E-state index < -0.39 is 10.0 Å². The first-order valence-corrected chi connectivity index (χ1v) is 8.06. The Morgan fingerprint density at radius 3 is 2.68 bits per heavy atom. The van der Waals surface area contributed by atoms with Crippen LogP contribution in [0.25, 0.3) is 0 Å². The predicted molar refractivity (Wildman–Crippen MR) is 77.7 cm³/mol. The molecule has 0 bridgehead atoms. The van der Waals surface area contributed by atoms with Crippen LogP contribution in [0.4, 0.5) is 5.69 Å². The van der Waals surface area contributed by atoms with E-state index in [0.29, 0.717) is 12.2 Å². The molecule has 1 unspecified atom stereocenters. The van der Waals surface area contributed by atoms with Crippen LogP contribution in [0, 0.1) is 0 Å². The zero-order valence-electron chi connectivity index (χ0n) is 12.0. The van der Waals surface area contributed by atoms with Crippen LogP contribution in [-0.4, -0.2) is 37.3 Å². The fraction of sp³-hybridized carbons (Fsp3) is 0.615. The summed E-state index contributed by atoms with van der Waals surface area (Å²) < 4.78 is 26.5. The Kier molecular flexibility index (Phi) is 5.75. The molecule has 0 aliphatic heterocycles. The highest BCUT2D eigenvalue weighted by atomic mass is 32.2. The summed E-state index contributed by atoms with van der Waals surface area (Å²) in [4.78, 5) is 4.04. The lowest BCUT2D eigenvalue weighted by molar-refractivity contribution is 0.367. The van der Waals surface area contributed by atoms with Gasteiger partial charge in [-0.25, -0.2) is 13.4 Å². The lowest BCUT2D eigenvalue weighted by Crippen LogP contribution is -2.35. The molecule has 0 fully saturated rings. The molecule has 108 valence electrons. The second-order valence-electron chi connectivity index (χ2n) is 4.55. The van der Waals surface area contributed by atoms with Crippen molar-refractivity contribution in [3.63, 3.8) is 0 Å². The van der Waals surface area contributed by atoms with Gasteiger partial charge in [-0.05, 0) is 32.4 Å². The van der Waals surface area contributed by atoms with Crippen molar-refractivity contribution in [2.24, 2.45) is 0 Å². The number of nitrogens with zero attached hydrogens (tertiary/aromatic N) is 2. The van der Waals surface area contributed by atoms with Crippen molar-refractivity contribution in [3.05, 3.63) is 18.3 Å². The average molecular weight is 285 g/mol. The Morgan fingerprint density at radius 2 is 2.11 bits per heavy atom. The highest BCUT2D eigenvalue weighted by Gasteiger charge is 2.28. The molecule has 0 aliphatic rings. The second kappa shape index (κ2) is 6.86. The highest BCUT2D eigenvalue weighted by Crippen LogP contribution is 2.23. The molecule has 1 aromatic rings. The van der Waals surface area contributed by atoms with Gasteiger partial charge in [-0.15, -0.1) is 0 Å². The molecular weight excluding hydrogens is 262 g/mol. The van der Waals surface area contributed by atoms with Gasteiger partial charge in [-0.2, -0.15) is 4.31 Å². The predicted octanol–water partition coefficient (Wildman–Crippen LogP) is 2.32. The summed E-state index contributed by atoms with van der Waals surface area (Å²) in [5.41, 5.74) is 0.556. The molecule has 5 nitrogen and oxygen atoms in total. The maximum atomic E-state index is 12.6. The third-order valence-corrected chi connectivity index (χ3v) is 5.02. The van der Waals surface area contributed by atoms with E-state index in [1.165, 1.54) is 10.5 Å². The molecule has 1 rings (SSSR count). The van der Waals surface area contributed by atoms with E-state index in [2.05, 4.69) is 10.3 Å². The SMILES string of the molecule is CCCC(C)N(C)S(=O)(=O)c1ncccc1NCC. The van der Waals surface area contributed by atoms with Gasteiger partial charge in [0.1, 0.15) is 0 Å². The third kappa shape index (κ3) is 3.67. The summed E-state index contributed by atoms with van der Waals surface area (Å²) in [6.07, 6.45) is 3.29. The number of sulfonamides is 1. The number of pyridine rings is 1. The lowest BCUT2D eigenvalue weighted by Gasteiger charge is -2.24. The summed E-state index contributed by atoms with van der Waals surface area (Å²) in [6.45, 7) is 6.54. The minimum atomic E-state index is -3.55. The van der Waals surface area contributed by atoms with Gasteiger partial charge in [-0.3, -0.25) is 0 Å². The number of hydrogen-bond donors (Lipinski definition) is 1. The third-order valence-electron chi connectivity index (χ3n) is 3.09. The van der Waals surface area contributed by atoms with Gasteiger partial charge >= 0.3 is 0 Å². The van der Waals surface area contributed by atoms with Gasteiger partial charge in [0.25, 0.3) is 10.0 Å². The molecule has 0 radical (unpaired) electrons. The molecule has 19 heavy (non-hydrogen) atoms. The summed E-state index contributed by atoms with van der Waals surface area (Å²) in [5.74, 6) is 0. The van der Waals surface area contributed by atoms with Crippen molar-refractivity contribution < 1.29 is 8.42 Å². The molecule has 6 heteroatoms. The zero-order valence-corrected chi connectivity index (χ0v) is 12.9. The van der Waals surface area contributed by atoms with Crippen LogP contribution in [-0.2, 0) is 10.0 Å². The van der Waals surface area contributed by atoms with E-state index in [0.717, 1.165) is 12.8 Å². The first kappa shape index (κ1) is 15.9. The quantitative estimate of drug-likeness (QED) is 0.835. The van der Waals surface area contributed by atoms with Crippen LogP contribution in [0.3, 0.4) is 0 Å². The van der Waals surface area contributed by atoms with E-state index in [4.69, 9.17) is 0 Å². The van der Waals surface area contributed by atoms with E-state index in [-0.39, 0.29) is 11.1 Å². The molecule has 1 N–H and O–H groups in total. The zero-order chi connectivity index (χ0) is 14.5. The number of aromatic nitrogens is 1. The molecule has 0 saturated carbocycles. The van der Waals surface area contributed by atoms with Crippen molar-refractivity contribution in [1.82, 2.24) is 9.29 Å². The summed E-state index contributed by atoms with van der Waals surface area (Å²) in [6, 6.07) is 3.43. The Hall–Kier alpha value is -1.14. The Balaban J connectivity index is 3.12. The molecule has 0 aromatic carbocycles. The maximum absolute atomic E-state index is 12.6. The van der Waals surface area contributed by atoms with Crippen LogP contribution in [0.1, 0.15) is 33.6 Å². The van der Waals surface area contributed by atoms with Gasteiger partial charge in [0.2, 0.25) is 0 Å². The van der Waals surface area contributed by atoms with Gasteiger partial charge in [-0.1, -0.05) is 13.3 Å². The molecule has 1 heterocycles. The second-order valence-corrected chi connectivity index (χ2v) is 6.46. The number of rotatable bonds is 7. The van der Waals surface area contributed by atoms with Gasteiger partial charge in [0, 0.05) is 25.8 Å². The topological polar surface area (TPSA) is 62.3 Å². The smallest absolute Gasteiger partial charge is 0.262 e. The van der Waals surface area contributed by atoms with Crippen LogP contribution < -0.4 is 5.32 Å². The summed E-state index contributed by atoms with van der Waals surface area (Å²) in [7, 11) is -1.94. The van der Waals surface area contributed by atoms with Gasteiger partial charge in [0.05, 0.1) is 5.69 Å². The molecule has 0 saturated heterocycles. The summed E-state index contributed by atoms with van der Waals surface area (Å²) >= 11 is 0. The number of nitrogens with one attached hydrogen (secondary N) is 1. The molecule has 0 aliphatic carbocycles. The van der Waals surface area contributed by atoms with Crippen LogP contribution in [0.5, 0.6) is 0 Å². The highest BCUT2D eigenvalue weighted by molar-refractivity contribution is 7.89. The molecule has 1 atom stereocenters. The van der Waals surface area contributed by atoms with Crippen LogP contribution in [0.2, 0.25) is 0 Å². The van der Waals surface area contributed by atoms with Crippen molar-refractivity contribution in [2.45, 2.75) is 44.7 Å². The number of anilines is 1. The van der Waals surface area contributed by atoms with E-state index in [9.17, 15) is 8.42 Å². The van der Waals surface area contributed by atoms with Gasteiger partial charge in [0.15, 0.2) is 5.03 Å². The standard InChI is InChI=1S/C13H23N3O2S/c1-5-8-11(3)16(4)19(17,18)13-12(14-6-2)9-7-10-15-13/h7,9-11,14H,5-6,8H2,1-4H3. The van der Waals surface area contributed by atoms with Crippen LogP contribution in [0.15, 0.2) is 23.4 Å². The first-order chi connectivity index (χ1) is 8.95. The van der Waals surface area contributed by atoms with Crippen molar-refractivity contribution in [3.8, 4) is 0 Å². The van der Waals surface area contributed by atoms with Crippen molar-refractivity contribution in [2.75, 3.05) is 18.9 Å². The Morgan fingerprint density at radius 1 is 1.42 bits per heavy atom. The van der Waals surface area contributed by atoms with E-state index >= 15 is 0 Å². The largest absolute Gasteiger partial charge is 0.383 e. The normalized spacial score (nSPS) is 13.5. The van der Waals surface area contributed by atoms with E-state index in [1.54, 1.807) is 19.2 Å².